The first kappa shape index (κ1) is 14.0. The maximum Gasteiger partial charge on any atom is 0.355 e. The van der Waals surface area contributed by atoms with E-state index in [2.05, 4.69) is 20.3 Å². The van der Waals surface area contributed by atoms with Crippen molar-refractivity contribution in [2.75, 3.05) is 12.4 Å². The zero-order valence-electron chi connectivity index (χ0n) is 10.7. The van der Waals surface area contributed by atoms with Crippen molar-refractivity contribution in [3.63, 3.8) is 0 Å². The van der Waals surface area contributed by atoms with Crippen molar-refractivity contribution in [2.45, 2.75) is 13.0 Å². The first-order valence-corrected chi connectivity index (χ1v) is 6.47. The van der Waals surface area contributed by atoms with Gasteiger partial charge < -0.3 is 20.1 Å². The van der Waals surface area contributed by atoms with Gasteiger partial charge in [-0.25, -0.2) is 14.8 Å². The molecule has 0 radical (unpaired) electrons. The third-order valence-electron chi connectivity index (χ3n) is 2.48. The van der Waals surface area contributed by atoms with Gasteiger partial charge in [-0.15, -0.1) is 11.3 Å². The van der Waals surface area contributed by atoms with Crippen molar-refractivity contribution in [1.82, 2.24) is 15.0 Å². The zero-order chi connectivity index (χ0) is 14.7. The number of anilines is 1. The maximum atomic E-state index is 11.5. The molecule has 0 saturated heterocycles. The molecule has 0 fully saturated rings. The summed E-state index contributed by atoms with van der Waals surface area (Å²) in [7, 11) is 1.37. The molecule has 106 valence electrons. The number of carboxylic acid groups (broad SMARTS) is 1. The lowest BCUT2D eigenvalue weighted by atomic mass is 10.3. The molecule has 9 heteroatoms. The lowest BCUT2D eigenvalue weighted by molar-refractivity contribution is 0.0691. The highest BCUT2D eigenvalue weighted by Gasteiger charge is 2.17. The van der Waals surface area contributed by atoms with Crippen LogP contribution in [-0.4, -0.2) is 33.1 Å². The van der Waals surface area contributed by atoms with Crippen LogP contribution in [0.3, 0.4) is 0 Å². The minimum atomic E-state index is -1.08. The molecule has 3 N–H and O–H groups in total. The highest BCUT2D eigenvalue weighted by molar-refractivity contribution is 7.09. The van der Waals surface area contributed by atoms with E-state index in [1.807, 2.05) is 0 Å². The number of nitrogens with one attached hydrogen (secondary N) is 2. The van der Waals surface area contributed by atoms with E-state index in [0.29, 0.717) is 5.01 Å². The van der Waals surface area contributed by atoms with Gasteiger partial charge in [-0.1, -0.05) is 0 Å². The van der Waals surface area contributed by atoms with Crippen LogP contribution in [0.25, 0.3) is 0 Å². The topological polar surface area (TPSA) is 117 Å². The van der Waals surface area contributed by atoms with E-state index in [4.69, 9.17) is 9.84 Å². The van der Waals surface area contributed by atoms with Crippen LogP contribution in [-0.2, 0) is 0 Å². The van der Waals surface area contributed by atoms with Gasteiger partial charge in [0.15, 0.2) is 11.5 Å². The summed E-state index contributed by atoms with van der Waals surface area (Å²) in [6.07, 6.45) is 1.25. The van der Waals surface area contributed by atoms with E-state index < -0.39 is 11.5 Å². The van der Waals surface area contributed by atoms with Crippen molar-refractivity contribution in [1.29, 1.82) is 0 Å². The van der Waals surface area contributed by atoms with Gasteiger partial charge in [0, 0.05) is 5.38 Å². The van der Waals surface area contributed by atoms with Crippen LogP contribution in [0.4, 0.5) is 5.82 Å². The van der Waals surface area contributed by atoms with E-state index in [0.717, 1.165) is 0 Å². The van der Waals surface area contributed by atoms with Crippen LogP contribution in [0.1, 0.15) is 28.5 Å². The smallest absolute Gasteiger partial charge is 0.355 e. The van der Waals surface area contributed by atoms with E-state index in [1.165, 1.54) is 30.2 Å². The number of hydrogen-bond acceptors (Lipinski definition) is 7. The van der Waals surface area contributed by atoms with Crippen molar-refractivity contribution >= 4 is 23.1 Å². The molecule has 2 aromatic rings. The lowest BCUT2D eigenvalue weighted by Crippen LogP contribution is -2.16. The number of carbonyl (C=O) groups is 1. The molecule has 0 aliphatic rings. The Morgan fingerprint density at radius 3 is 2.95 bits per heavy atom. The van der Waals surface area contributed by atoms with Crippen LogP contribution in [0.15, 0.2) is 16.5 Å². The Labute approximate surface area is 117 Å². The number of ether oxygens (including phenoxy) is 1. The number of thiazole rings is 1. The van der Waals surface area contributed by atoms with E-state index in [-0.39, 0.29) is 23.3 Å². The van der Waals surface area contributed by atoms with Gasteiger partial charge >= 0.3 is 5.97 Å². The molecule has 2 aromatic heterocycles. The van der Waals surface area contributed by atoms with Gasteiger partial charge in [-0.2, -0.15) is 0 Å². The largest absolute Gasteiger partial charge is 0.489 e. The molecule has 0 spiro atoms. The fourth-order valence-corrected chi connectivity index (χ4v) is 2.33. The first-order valence-electron chi connectivity index (χ1n) is 5.60. The monoisotopic (exact) mass is 296 g/mol. The van der Waals surface area contributed by atoms with E-state index in [9.17, 15) is 9.59 Å². The van der Waals surface area contributed by atoms with Crippen LogP contribution >= 0.6 is 11.3 Å². The van der Waals surface area contributed by atoms with Crippen LogP contribution in [0.5, 0.6) is 5.75 Å². The number of methoxy groups -OCH3 is 1. The molecule has 2 rings (SSSR count). The predicted molar refractivity (Wildman–Crippen MR) is 72.5 cm³/mol. The standard InChI is InChI=1S/C11H12N4O4S/c1-5(10-15-6(3-20-10)11(17)18)14-8-7(19-2)9(16)13-4-12-8/h3-5H,1-2H3,(H,17,18)(H2,12,13,14,16). The molecule has 1 atom stereocenters. The molecule has 8 nitrogen and oxygen atoms in total. The minimum Gasteiger partial charge on any atom is -0.489 e. The summed E-state index contributed by atoms with van der Waals surface area (Å²) in [5.74, 6) is -0.739. The molecule has 1 unspecified atom stereocenters. The minimum absolute atomic E-state index is 0.00974. The Balaban J connectivity index is 2.23. The fourth-order valence-electron chi connectivity index (χ4n) is 1.53. The van der Waals surface area contributed by atoms with Gasteiger partial charge in [0.1, 0.15) is 5.01 Å². The number of rotatable bonds is 5. The van der Waals surface area contributed by atoms with Gasteiger partial charge in [-0.05, 0) is 6.92 Å². The van der Waals surface area contributed by atoms with Crippen LogP contribution in [0, 0.1) is 0 Å². The normalized spacial score (nSPS) is 11.9. The SMILES string of the molecule is COc1c(NC(C)c2nc(C(=O)O)cs2)nc[nH]c1=O. The average molecular weight is 296 g/mol. The molecular formula is C11H12N4O4S. The van der Waals surface area contributed by atoms with Gasteiger partial charge in [-0.3, -0.25) is 4.79 Å². The van der Waals surface area contributed by atoms with Gasteiger partial charge in [0.2, 0.25) is 5.75 Å². The number of aromatic amines is 1. The molecule has 0 aliphatic heterocycles. The van der Waals surface area contributed by atoms with Crippen LogP contribution < -0.4 is 15.6 Å². The lowest BCUT2D eigenvalue weighted by Gasteiger charge is -2.13. The summed E-state index contributed by atoms with van der Waals surface area (Å²) in [6.45, 7) is 1.78. The highest BCUT2D eigenvalue weighted by Crippen LogP contribution is 2.24. The second-order valence-corrected chi connectivity index (χ2v) is 4.75. The van der Waals surface area contributed by atoms with Gasteiger partial charge in [0.25, 0.3) is 5.56 Å². The summed E-state index contributed by atoms with van der Waals surface area (Å²) in [5, 5.41) is 13.8. The first-order chi connectivity index (χ1) is 9.52. The molecule has 20 heavy (non-hydrogen) atoms. The molecule has 2 heterocycles. The van der Waals surface area contributed by atoms with Crippen molar-refractivity contribution < 1.29 is 14.6 Å². The van der Waals surface area contributed by atoms with Crippen molar-refractivity contribution in [2.24, 2.45) is 0 Å². The molecule has 0 aliphatic carbocycles. The summed E-state index contributed by atoms with van der Waals surface area (Å²) >= 11 is 1.21. The summed E-state index contributed by atoms with van der Waals surface area (Å²) < 4.78 is 4.98. The molecule has 0 saturated carbocycles. The third kappa shape index (κ3) is 2.77. The Morgan fingerprint density at radius 1 is 1.60 bits per heavy atom. The maximum absolute atomic E-state index is 11.5. The number of hydrogen-bond donors (Lipinski definition) is 3. The summed E-state index contributed by atoms with van der Waals surface area (Å²) in [6, 6.07) is -0.309. The average Bonchev–Trinajstić information content (AvgIpc) is 2.89. The predicted octanol–water partition coefficient (Wildman–Crippen LogP) is 1.11. The van der Waals surface area contributed by atoms with Crippen molar-refractivity contribution in [3.8, 4) is 5.75 Å². The Hall–Kier alpha value is -2.42. The second-order valence-electron chi connectivity index (χ2n) is 3.86. The Morgan fingerprint density at radius 2 is 2.35 bits per heavy atom. The summed E-state index contributed by atoms with van der Waals surface area (Å²) in [5.41, 5.74) is -0.410. The van der Waals surface area contributed by atoms with E-state index in [1.54, 1.807) is 6.92 Å². The van der Waals surface area contributed by atoms with Gasteiger partial charge in [0.05, 0.1) is 19.5 Å². The quantitative estimate of drug-likeness (QED) is 0.756. The number of carboxylic acids is 1. The zero-order valence-corrected chi connectivity index (χ0v) is 11.5. The van der Waals surface area contributed by atoms with Crippen molar-refractivity contribution in [3.05, 3.63) is 32.8 Å². The van der Waals surface area contributed by atoms with E-state index >= 15 is 0 Å². The number of aromatic carboxylic acids is 1. The Kier molecular flexibility index (Phi) is 3.99. The number of H-pyrrole nitrogens is 1. The molecule has 0 aromatic carbocycles. The third-order valence-corrected chi connectivity index (χ3v) is 3.51. The molecule has 0 amide bonds. The number of nitrogens with zero attached hydrogens (tertiary/aromatic N) is 2. The molecule has 0 bridgehead atoms. The molecular weight excluding hydrogens is 284 g/mol. The second kappa shape index (κ2) is 5.70. The number of aromatic nitrogens is 3. The highest BCUT2D eigenvalue weighted by atomic mass is 32.1. The van der Waals surface area contributed by atoms with Crippen LogP contribution in [0.2, 0.25) is 0 Å². The fraction of sp³-hybridized carbons (Fsp3) is 0.273. The summed E-state index contributed by atoms with van der Waals surface area (Å²) in [4.78, 5) is 32.7. The Bertz CT molecular complexity index is 681.